The highest BCUT2D eigenvalue weighted by Crippen LogP contribution is 2.33. The lowest BCUT2D eigenvalue weighted by molar-refractivity contribution is 0.301. The zero-order valence-electron chi connectivity index (χ0n) is 8.37. The lowest BCUT2D eigenvalue weighted by atomic mass is 10.2. The van der Waals surface area contributed by atoms with Crippen LogP contribution in [0.25, 0.3) is 0 Å². The number of nitrogens with zero attached hydrogens (tertiary/aromatic N) is 1. The number of ether oxygens (including phenoxy) is 1. The molecule has 0 radical (unpaired) electrons. The Balaban J connectivity index is 1.99. The van der Waals surface area contributed by atoms with Crippen molar-refractivity contribution in [3.63, 3.8) is 0 Å². The zero-order valence-corrected chi connectivity index (χ0v) is 9.13. The summed E-state index contributed by atoms with van der Waals surface area (Å²) >= 11 is 5.88. The number of hydrogen-bond acceptors (Lipinski definition) is 2. The first-order valence-corrected chi connectivity index (χ1v) is 5.50. The molecular weight excluding hydrogens is 210 g/mol. The summed E-state index contributed by atoms with van der Waals surface area (Å²) in [5.74, 6) is 1.44. The first kappa shape index (κ1) is 10.3. The van der Waals surface area contributed by atoms with E-state index in [2.05, 4.69) is 6.07 Å². The van der Waals surface area contributed by atoms with Crippen LogP contribution in [0.4, 0.5) is 0 Å². The van der Waals surface area contributed by atoms with Gasteiger partial charge >= 0.3 is 0 Å². The zero-order chi connectivity index (χ0) is 10.7. The van der Waals surface area contributed by atoms with Crippen molar-refractivity contribution in [2.75, 3.05) is 6.61 Å². The smallest absolute Gasteiger partial charge is 0.138 e. The second-order valence-corrected chi connectivity index (χ2v) is 4.21. The van der Waals surface area contributed by atoms with E-state index in [1.807, 2.05) is 0 Å². The SMILES string of the molecule is N#Cc1c(Cl)cccc1OCCC1CC1. The molecule has 0 spiro atoms. The van der Waals surface area contributed by atoms with E-state index in [1.54, 1.807) is 18.2 Å². The largest absolute Gasteiger partial charge is 0.492 e. The number of halogens is 1. The molecule has 0 aliphatic heterocycles. The van der Waals surface area contributed by atoms with Crippen LogP contribution < -0.4 is 4.74 Å². The molecule has 78 valence electrons. The average molecular weight is 222 g/mol. The van der Waals surface area contributed by atoms with E-state index in [1.165, 1.54) is 12.8 Å². The van der Waals surface area contributed by atoms with E-state index in [0.717, 1.165) is 12.3 Å². The third kappa shape index (κ3) is 2.64. The number of benzene rings is 1. The molecule has 1 fully saturated rings. The molecule has 2 nitrogen and oxygen atoms in total. The van der Waals surface area contributed by atoms with E-state index in [9.17, 15) is 0 Å². The first-order chi connectivity index (χ1) is 7.31. The van der Waals surface area contributed by atoms with Gasteiger partial charge in [-0.05, 0) is 24.5 Å². The van der Waals surface area contributed by atoms with E-state index < -0.39 is 0 Å². The van der Waals surface area contributed by atoms with Crippen LogP contribution in [-0.2, 0) is 0 Å². The molecule has 0 saturated heterocycles. The molecule has 0 aromatic heterocycles. The maximum absolute atomic E-state index is 8.91. The summed E-state index contributed by atoms with van der Waals surface area (Å²) in [6.45, 7) is 0.680. The van der Waals surface area contributed by atoms with Crippen molar-refractivity contribution >= 4 is 11.6 Å². The van der Waals surface area contributed by atoms with Crippen LogP contribution in [0.15, 0.2) is 18.2 Å². The van der Waals surface area contributed by atoms with Crippen LogP contribution in [-0.4, -0.2) is 6.61 Å². The van der Waals surface area contributed by atoms with Gasteiger partial charge in [0.25, 0.3) is 0 Å². The van der Waals surface area contributed by atoms with Gasteiger partial charge in [-0.15, -0.1) is 0 Å². The van der Waals surface area contributed by atoms with Gasteiger partial charge in [-0.3, -0.25) is 0 Å². The molecule has 0 atom stereocenters. The van der Waals surface area contributed by atoms with Crippen LogP contribution in [0.5, 0.6) is 5.75 Å². The highest BCUT2D eigenvalue weighted by Gasteiger charge is 2.21. The monoisotopic (exact) mass is 221 g/mol. The van der Waals surface area contributed by atoms with Gasteiger partial charge in [0.15, 0.2) is 0 Å². The molecule has 0 unspecified atom stereocenters. The topological polar surface area (TPSA) is 33.0 Å². The lowest BCUT2D eigenvalue weighted by Crippen LogP contribution is -2.00. The second-order valence-electron chi connectivity index (χ2n) is 3.81. The third-order valence-corrected chi connectivity index (χ3v) is 2.88. The Bertz CT molecular complexity index is 393. The second kappa shape index (κ2) is 4.55. The van der Waals surface area contributed by atoms with Gasteiger partial charge in [0.2, 0.25) is 0 Å². The lowest BCUT2D eigenvalue weighted by Gasteiger charge is -2.07. The quantitative estimate of drug-likeness (QED) is 0.781. The molecular formula is C12H12ClNO. The maximum Gasteiger partial charge on any atom is 0.138 e. The van der Waals surface area contributed by atoms with Crippen LogP contribution in [0, 0.1) is 17.2 Å². The first-order valence-electron chi connectivity index (χ1n) is 5.12. The van der Waals surface area contributed by atoms with Gasteiger partial charge in [-0.2, -0.15) is 5.26 Å². The standard InChI is InChI=1S/C12H12ClNO/c13-11-2-1-3-12(10(11)8-14)15-7-6-9-4-5-9/h1-3,9H,4-7H2. The molecule has 0 heterocycles. The molecule has 1 saturated carbocycles. The van der Waals surface area contributed by atoms with Crippen molar-refractivity contribution in [1.29, 1.82) is 5.26 Å². The minimum atomic E-state index is 0.440. The van der Waals surface area contributed by atoms with Crippen molar-refractivity contribution in [2.45, 2.75) is 19.3 Å². The molecule has 2 rings (SSSR count). The van der Waals surface area contributed by atoms with Gasteiger partial charge < -0.3 is 4.74 Å². The van der Waals surface area contributed by atoms with Crippen molar-refractivity contribution in [3.8, 4) is 11.8 Å². The highest BCUT2D eigenvalue weighted by atomic mass is 35.5. The number of rotatable bonds is 4. The predicted molar refractivity (Wildman–Crippen MR) is 59.0 cm³/mol. The Morgan fingerprint density at radius 2 is 2.27 bits per heavy atom. The van der Waals surface area contributed by atoms with Crippen molar-refractivity contribution < 1.29 is 4.74 Å². The molecule has 0 amide bonds. The molecule has 3 heteroatoms. The summed E-state index contributed by atoms with van der Waals surface area (Å²) in [7, 11) is 0. The average Bonchev–Trinajstić information content (AvgIpc) is 3.02. The molecule has 0 N–H and O–H groups in total. The van der Waals surface area contributed by atoms with Crippen LogP contribution in [0.1, 0.15) is 24.8 Å². The predicted octanol–water partition coefficient (Wildman–Crippen LogP) is 3.39. The third-order valence-electron chi connectivity index (χ3n) is 2.57. The van der Waals surface area contributed by atoms with E-state index in [-0.39, 0.29) is 0 Å². The maximum atomic E-state index is 8.91. The highest BCUT2D eigenvalue weighted by molar-refractivity contribution is 6.31. The molecule has 15 heavy (non-hydrogen) atoms. The minimum absolute atomic E-state index is 0.440. The van der Waals surface area contributed by atoms with Crippen LogP contribution in [0.2, 0.25) is 5.02 Å². The van der Waals surface area contributed by atoms with Gasteiger partial charge in [-0.25, -0.2) is 0 Å². The Morgan fingerprint density at radius 3 is 2.93 bits per heavy atom. The Kier molecular flexibility index (Phi) is 3.13. The molecule has 0 bridgehead atoms. The molecule has 1 aliphatic carbocycles. The molecule has 1 aromatic rings. The normalized spacial score (nSPS) is 14.7. The van der Waals surface area contributed by atoms with Crippen molar-refractivity contribution in [3.05, 3.63) is 28.8 Å². The van der Waals surface area contributed by atoms with Gasteiger partial charge in [0.1, 0.15) is 17.4 Å². The Hall–Kier alpha value is -1.20. The van der Waals surface area contributed by atoms with Crippen LogP contribution >= 0.6 is 11.6 Å². The van der Waals surface area contributed by atoms with E-state index in [0.29, 0.717) is 22.9 Å². The fourth-order valence-electron chi connectivity index (χ4n) is 1.48. The Labute approximate surface area is 94.4 Å². The van der Waals surface area contributed by atoms with Crippen LogP contribution in [0.3, 0.4) is 0 Å². The molecule has 1 aromatic carbocycles. The van der Waals surface area contributed by atoms with E-state index in [4.69, 9.17) is 21.6 Å². The summed E-state index contributed by atoms with van der Waals surface area (Å²) in [4.78, 5) is 0. The van der Waals surface area contributed by atoms with E-state index >= 15 is 0 Å². The summed E-state index contributed by atoms with van der Waals surface area (Å²) in [6, 6.07) is 7.35. The van der Waals surface area contributed by atoms with Gasteiger partial charge in [0, 0.05) is 0 Å². The fourth-order valence-corrected chi connectivity index (χ4v) is 1.68. The fraction of sp³-hybridized carbons (Fsp3) is 0.417. The summed E-state index contributed by atoms with van der Waals surface area (Å²) in [5.41, 5.74) is 0.440. The van der Waals surface area contributed by atoms with Gasteiger partial charge in [-0.1, -0.05) is 30.5 Å². The number of nitriles is 1. The number of hydrogen-bond donors (Lipinski definition) is 0. The summed E-state index contributed by atoms with van der Waals surface area (Å²) < 4.78 is 5.55. The van der Waals surface area contributed by atoms with Crippen molar-refractivity contribution in [1.82, 2.24) is 0 Å². The molecule has 1 aliphatic rings. The van der Waals surface area contributed by atoms with Gasteiger partial charge in [0.05, 0.1) is 11.6 Å². The van der Waals surface area contributed by atoms with Crippen molar-refractivity contribution in [2.24, 2.45) is 5.92 Å². The summed E-state index contributed by atoms with van der Waals surface area (Å²) in [5, 5.41) is 9.37. The Morgan fingerprint density at radius 1 is 1.47 bits per heavy atom. The minimum Gasteiger partial charge on any atom is -0.492 e. The summed E-state index contributed by atoms with van der Waals surface area (Å²) in [6.07, 6.45) is 3.73.